The number of carbonyl (C=O) groups is 1. The molecule has 0 radical (unpaired) electrons. The van der Waals surface area contributed by atoms with Crippen LogP contribution in [0.5, 0.6) is 0 Å². The van der Waals surface area contributed by atoms with Crippen LogP contribution in [0.3, 0.4) is 0 Å². The van der Waals surface area contributed by atoms with Crippen LogP contribution >= 0.6 is 11.8 Å². The van der Waals surface area contributed by atoms with Crippen molar-refractivity contribution in [2.75, 3.05) is 11.1 Å². The minimum absolute atomic E-state index is 0.108. The Bertz CT molecular complexity index is 718. The van der Waals surface area contributed by atoms with Crippen molar-refractivity contribution in [1.82, 2.24) is 14.8 Å². The highest BCUT2D eigenvalue weighted by molar-refractivity contribution is 7.99. The largest absolute Gasteiger partial charge is 0.344 e. The van der Waals surface area contributed by atoms with Gasteiger partial charge in [-0.15, -0.1) is 5.10 Å². The first-order valence-electron chi connectivity index (χ1n) is 6.80. The zero-order chi connectivity index (χ0) is 14.8. The van der Waals surface area contributed by atoms with Crippen molar-refractivity contribution in [2.45, 2.75) is 31.0 Å². The van der Waals surface area contributed by atoms with Gasteiger partial charge in [0.25, 0.3) is 0 Å². The summed E-state index contributed by atoms with van der Waals surface area (Å²) in [5, 5.41) is 9.85. The van der Waals surface area contributed by atoms with E-state index in [1.165, 1.54) is 11.8 Å². The highest BCUT2D eigenvalue weighted by Gasteiger charge is 2.28. The number of carbonyl (C=O) groups excluding carboxylic acids is 1. The molecule has 1 amide bonds. The molecule has 0 atom stereocenters. The molecule has 2 N–H and O–H groups in total. The summed E-state index contributed by atoms with van der Waals surface area (Å²) in [6.07, 6.45) is 2.00. The summed E-state index contributed by atoms with van der Waals surface area (Å²) in [5.41, 5.74) is 1.68. The van der Waals surface area contributed by atoms with Crippen molar-refractivity contribution < 1.29 is 4.79 Å². The maximum atomic E-state index is 11.9. The number of hydrogen-bond donors (Lipinski definition) is 2. The van der Waals surface area contributed by atoms with Crippen molar-refractivity contribution in [2.24, 2.45) is 0 Å². The standard InChI is InChI=1S/C14H16N4O2S/c1-9-3-2-4-10(7-9)15-12(19)8-21-14-17-16-13(20)18(14)11-5-6-11/h2-4,7,11H,5-6,8H2,1H3,(H,15,19)(H,16,20). The predicted molar refractivity (Wildman–Crippen MR) is 81.7 cm³/mol. The number of amides is 1. The van der Waals surface area contributed by atoms with Gasteiger partial charge in [0.05, 0.1) is 5.75 Å². The first-order valence-corrected chi connectivity index (χ1v) is 7.78. The second kappa shape index (κ2) is 5.77. The van der Waals surface area contributed by atoms with E-state index >= 15 is 0 Å². The zero-order valence-electron chi connectivity index (χ0n) is 11.6. The zero-order valence-corrected chi connectivity index (χ0v) is 12.4. The summed E-state index contributed by atoms with van der Waals surface area (Å²) in [4.78, 5) is 23.6. The number of nitrogens with one attached hydrogen (secondary N) is 2. The van der Waals surface area contributed by atoms with E-state index in [-0.39, 0.29) is 23.4 Å². The van der Waals surface area contributed by atoms with Crippen LogP contribution in [0.4, 0.5) is 5.69 Å². The molecule has 21 heavy (non-hydrogen) atoms. The number of aromatic amines is 1. The van der Waals surface area contributed by atoms with Crippen LogP contribution in [0.1, 0.15) is 24.4 Å². The number of anilines is 1. The molecular formula is C14H16N4O2S. The number of hydrogen-bond acceptors (Lipinski definition) is 4. The normalized spacial score (nSPS) is 14.1. The smallest absolute Gasteiger partial charge is 0.325 e. The van der Waals surface area contributed by atoms with Crippen LogP contribution in [-0.4, -0.2) is 26.4 Å². The number of thioether (sulfide) groups is 1. The van der Waals surface area contributed by atoms with Crippen LogP contribution in [0, 0.1) is 6.92 Å². The van der Waals surface area contributed by atoms with E-state index in [0.29, 0.717) is 5.16 Å². The van der Waals surface area contributed by atoms with E-state index in [9.17, 15) is 9.59 Å². The topological polar surface area (TPSA) is 79.8 Å². The SMILES string of the molecule is Cc1cccc(NC(=O)CSc2n[nH]c(=O)n2C2CC2)c1. The Balaban J connectivity index is 1.60. The number of benzene rings is 1. The second-order valence-corrected chi connectivity index (χ2v) is 6.06. The molecule has 110 valence electrons. The Labute approximate surface area is 125 Å². The lowest BCUT2D eigenvalue weighted by Gasteiger charge is -2.06. The molecule has 0 bridgehead atoms. The number of aryl methyl sites for hydroxylation is 1. The van der Waals surface area contributed by atoms with Crippen LogP contribution < -0.4 is 11.0 Å². The Morgan fingerprint density at radius 1 is 1.52 bits per heavy atom. The maximum Gasteiger partial charge on any atom is 0.344 e. The van der Waals surface area contributed by atoms with Crippen LogP contribution in [-0.2, 0) is 4.79 Å². The van der Waals surface area contributed by atoms with Gasteiger partial charge in [0.2, 0.25) is 5.91 Å². The molecule has 0 unspecified atom stereocenters. The quantitative estimate of drug-likeness (QED) is 0.827. The number of rotatable bonds is 5. The Hall–Kier alpha value is -2.02. The predicted octanol–water partition coefficient (Wildman–Crippen LogP) is 1.95. The van der Waals surface area contributed by atoms with Gasteiger partial charge in [-0.2, -0.15) is 0 Å². The van der Waals surface area contributed by atoms with Gasteiger partial charge >= 0.3 is 5.69 Å². The monoisotopic (exact) mass is 304 g/mol. The molecule has 0 spiro atoms. The van der Waals surface area contributed by atoms with E-state index < -0.39 is 0 Å². The molecule has 1 aromatic carbocycles. The van der Waals surface area contributed by atoms with Gasteiger partial charge in [-0.25, -0.2) is 9.89 Å². The molecule has 1 heterocycles. The van der Waals surface area contributed by atoms with E-state index in [0.717, 1.165) is 24.1 Å². The first kappa shape index (κ1) is 13.9. The fraction of sp³-hybridized carbons (Fsp3) is 0.357. The van der Waals surface area contributed by atoms with Gasteiger partial charge in [-0.05, 0) is 37.5 Å². The lowest BCUT2D eigenvalue weighted by molar-refractivity contribution is -0.113. The molecule has 2 aromatic rings. The third kappa shape index (κ3) is 3.36. The van der Waals surface area contributed by atoms with Gasteiger partial charge in [0, 0.05) is 11.7 Å². The minimum Gasteiger partial charge on any atom is -0.325 e. The van der Waals surface area contributed by atoms with Crippen molar-refractivity contribution in [3.8, 4) is 0 Å². The van der Waals surface area contributed by atoms with E-state index in [4.69, 9.17) is 0 Å². The van der Waals surface area contributed by atoms with E-state index in [1.807, 2.05) is 31.2 Å². The summed E-state index contributed by atoms with van der Waals surface area (Å²) in [5.74, 6) is 0.119. The Morgan fingerprint density at radius 2 is 2.33 bits per heavy atom. The van der Waals surface area contributed by atoms with Gasteiger partial charge in [-0.3, -0.25) is 9.36 Å². The number of H-pyrrole nitrogens is 1. The Morgan fingerprint density at radius 3 is 3.05 bits per heavy atom. The maximum absolute atomic E-state index is 11.9. The molecule has 1 aliphatic carbocycles. The molecule has 0 aliphatic heterocycles. The van der Waals surface area contributed by atoms with Gasteiger partial charge in [-0.1, -0.05) is 23.9 Å². The summed E-state index contributed by atoms with van der Waals surface area (Å²) in [6, 6.07) is 7.89. The molecule has 1 fully saturated rings. The average Bonchev–Trinajstić information content (AvgIpc) is 3.20. The van der Waals surface area contributed by atoms with Gasteiger partial charge in [0.15, 0.2) is 5.16 Å². The molecule has 0 saturated heterocycles. The fourth-order valence-corrected chi connectivity index (χ4v) is 2.91. The molecule has 7 heteroatoms. The molecule has 3 rings (SSSR count). The lowest BCUT2D eigenvalue weighted by atomic mass is 10.2. The number of nitrogens with zero attached hydrogens (tertiary/aromatic N) is 2. The number of aromatic nitrogens is 3. The summed E-state index contributed by atoms with van der Waals surface area (Å²) in [6.45, 7) is 1.97. The first-order chi connectivity index (χ1) is 10.1. The summed E-state index contributed by atoms with van der Waals surface area (Å²) in [7, 11) is 0. The molecule has 1 saturated carbocycles. The van der Waals surface area contributed by atoms with Crippen LogP contribution in [0.25, 0.3) is 0 Å². The van der Waals surface area contributed by atoms with E-state index in [1.54, 1.807) is 4.57 Å². The third-order valence-electron chi connectivity index (χ3n) is 3.22. The molecule has 1 aliphatic rings. The average molecular weight is 304 g/mol. The van der Waals surface area contributed by atoms with Crippen molar-refractivity contribution in [3.63, 3.8) is 0 Å². The lowest BCUT2D eigenvalue weighted by Crippen LogP contribution is -2.17. The highest BCUT2D eigenvalue weighted by Crippen LogP contribution is 2.35. The Kier molecular flexibility index (Phi) is 3.83. The van der Waals surface area contributed by atoms with Crippen molar-refractivity contribution in [3.05, 3.63) is 40.3 Å². The minimum atomic E-state index is -0.195. The summed E-state index contributed by atoms with van der Waals surface area (Å²) >= 11 is 1.28. The molecular weight excluding hydrogens is 288 g/mol. The van der Waals surface area contributed by atoms with E-state index in [2.05, 4.69) is 15.5 Å². The van der Waals surface area contributed by atoms with Crippen molar-refractivity contribution >= 4 is 23.4 Å². The third-order valence-corrected chi connectivity index (χ3v) is 4.17. The van der Waals surface area contributed by atoms with Crippen molar-refractivity contribution in [1.29, 1.82) is 0 Å². The van der Waals surface area contributed by atoms with Crippen LogP contribution in [0.15, 0.2) is 34.2 Å². The summed E-state index contributed by atoms with van der Waals surface area (Å²) < 4.78 is 1.64. The molecule has 6 nitrogen and oxygen atoms in total. The second-order valence-electron chi connectivity index (χ2n) is 5.12. The van der Waals surface area contributed by atoms with Gasteiger partial charge in [0.1, 0.15) is 0 Å². The molecule has 1 aromatic heterocycles. The van der Waals surface area contributed by atoms with Crippen LogP contribution in [0.2, 0.25) is 0 Å². The van der Waals surface area contributed by atoms with Gasteiger partial charge < -0.3 is 5.32 Å². The fourth-order valence-electron chi connectivity index (χ4n) is 2.10. The highest BCUT2D eigenvalue weighted by atomic mass is 32.2.